The number of benzene rings is 2. The first-order valence-corrected chi connectivity index (χ1v) is 8.88. The topological polar surface area (TPSA) is 63.2 Å². The molecule has 27 heavy (non-hydrogen) atoms. The molecular weight excluding hydrogens is 368 g/mol. The van der Waals surface area contributed by atoms with Crippen LogP contribution in [-0.2, 0) is 0 Å². The maximum Gasteiger partial charge on any atom is 0.203 e. The van der Waals surface area contributed by atoms with Crippen LogP contribution in [0.4, 0.5) is 0 Å². The maximum atomic E-state index is 13.1. The van der Waals surface area contributed by atoms with E-state index >= 15 is 0 Å². The molecule has 0 fully saturated rings. The lowest BCUT2D eigenvalue weighted by atomic mass is 10.1. The van der Waals surface area contributed by atoms with Gasteiger partial charge in [-0.3, -0.25) is 4.79 Å². The van der Waals surface area contributed by atoms with Crippen molar-refractivity contribution in [3.63, 3.8) is 0 Å². The SMILES string of the molecule is COc1cc2cc(C(=O)c3cc(OC)c(OC)c(OC)c3)sc2cc1OC. The number of carbonyl (C=O) groups is 1. The van der Waals surface area contributed by atoms with Crippen molar-refractivity contribution in [3.8, 4) is 28.7 Å². The molecule has 0 radical (unpaired) electrons. The van der Waals surface area contributed by atoms with Gasteiger partial charge in [0.2, 0.25) is 11.5 Å². The number of fused-ring (bicyclic) bond motifs is 1. The zero-order valence-electron chi connectivity index (χ0n) is 15.7. The highest BCUT2D eigenvalue weighted by molar-refractivity contribution is 7.21. The summed E-state index contributed by atoms with van der Waals surface area (Å²) >= 11 is 1.39. The van der Waals surface area contributed by atoms with Crippen molar-refractivity contribution < 1.29 is 28.5 Å². The lowest BCUT2D eigenvalue weighted by Crippen LogP contribution is -2.02. The zero-order valence-corrected chi connectivity index (χ0v) is 16.6. The minimum absolute atomic E-state index is 0.131. The quantitative estimate of drug-likeness (QED) is 0.566. The van der Waals surface area contributed by atoms with Gasteiger partial charge in [-0.05, 0) is 29.7 Å². The molecule has 0 bridgehead atoms. The van der Waals surface area contributed by atoms with Gasteiger partial charge in [0.1, 0.15) is 0 Å². The van der Waals surface area contributed by atoms with Crippen molar-refractivity contribution >= 4 is 27.2 Å². The summed E-state index contributed by atoms with van der Waals surface area (Å²) in [5.74, 6) is 2.43. The van der Waals surface area contributed by atoms with Crippen LogP contribution in [0.3, 0.4) is 0 Å². The molecule has 0 aliphatic heterocycles. The van der Waals surface area contributed by atoms with Gasteiger partial charge in [-0.25, -0.2) is 0 Å². The molecule has 0 aliphatic rings. The number of carbonyl (C=O) groups excluding carboxylic acids is 1. The first-order chi connectivity index (χ1) is 13.1. The molecule has 1 aromatic heterocycles. The summed E-state index contributed by atoms with van der Waals surface area (Å²) in [6, 6.07) is 8.86. The van der Waals surface area contributed by atoms with Crippen LogP contribution < -0.4 is 23.7 Å². The van der Waals surface area contributed by atoms with Crippen molar-refractivity contribution in [1.82, 2.24) is 0 Å². The number of hydrogen-bond acceptors (Lipinski definition) is 7. The van der Waals surface area contributed by atoms with Gasteiger partial charge in [-0.2, -0.15) is 0 Å². The molecule has 3 aromatic rings. The van der Waals surface area contributed by atoms with E-state index in [1.54, 1.807) is 26.4 Å². The first-order valence-electron chi connectivity index (χ1n) is 8.06. The first kappa shape index (κ1) is 18.8. The Balaban J connectivity index is 2.08. The van der Waals surface area contributed by atoms with Crippen LogP contribution in [0.25, 0.3) is 10.1 Å². The predicted molar refractivity (Wildman–Crippen MR) is 104 cm³/mol. The number of rotatable bonds is 7. The van der Waals surface area contributed by atoms with Gasteiger partial charge in [-0.1, -0.05) is 0 Å². The van der Waals surface area contributed by atoms with Crippen LogP contribution >= 0.6 is 11.3 Å². The van der Waals surface area contributed by atoms with Crippen molar-refractivity contribution in [1.29, 1.82) is 0 Å². The van der Waals surface area contributed by atoms with Gasteiger partial charge in [0.25, 0.3) is 0 Å². The standard InChI is InChI=1S/C20H20O6S/c1-22-13-6-11-9-18(27-17(11)10-14(13)23-2)19(21)12-7-15(24-3)20(26-5)16(8-12)25-4/h6-10H,1-5H3. The van der Waals surface area contributed by atoms with E-state index in [0.29, 0.717) is 39.2 Å². The number of hydrogen-bond donors (Lipinski definition) is 0. The molecule has 6 nitrogen and oxygen atoms in total. The second-order valence-corrected chi connectivity index (χ2v) is 6.68. The highest BCUT2D eigenvalue weighted by Crippen LogP contribution is 2.40. The second-order valence-electron chi connectivity index (χ2n) is 5.60. The monoisotopic (exact) mass is 388 g/mol. The second kappa shape index (κ2) is 7.75. The summed E-state index contributed by atoms with van der Waals surface area (Å²) in [6.07, 6.45) is 0. The van der Waals surface area contributed by atoms with Crippen molar-refractivity contribution in [2.45, 2.75) is 0 Å². The fourth-order valence-corrected chi connectivity index (χ4v) is 3.87. The number of thiophene rings is 1. The minimum atomic E-state index is -0.131. The molecule has 0 amide bonds. The Morgan fingerprint density at radius 2 is 1.26 bits per heavy atom. The predicted octanol–water partition coefficient (Wildman–Crippen LogP) is 4.18. The van der Waals surface area contributed by atoms with E-state index in [1.165, 1.54) is 32.7 Å². The third-order valence-corrected chi connectivity index (χ3v) is 5.27. The third kappa shape index (κ3) is 3.38. The molecule has 0 unspecified atom stereocenters. The molecule has 2 aromatic carbocycles. The largest absolute Gasteiger partial charge is 0.493 e. The van der Waals surface area contributed by atoms with Crippen LogP contribution in [0.2, 0.25) is 0 Å². The molecule has 0 aliphatic carbocycles. The molecule has 1 heterocycles. The summed E-state index contributed by atoms with van der Waals surface area (Å²) < 4.78 is 27.6. The van der Waals surface area contributed by atoms with Crippen LogP contribution in [0.1, 0.15) is 15.2 Å². The van der Waals surface area contributed by atoms with Gasteiger partial charge in [-0.15, -0.1) is 11.3 Å². The van der Waals surface area contributed by atoms with Gasteiger partial charge in [0.15, 0.2) is 23.0 Å². The van der Waals surface area contributed by atoms with Crippen LogP contribution in [0, 0.1) is 0 Å². The Morgan fingerprint density at radius 3 is 1.78 bits per heavy atom. The smallest absolute Gasteiger partial charge is 0.203 e. The molecule has 3 rings (SSSR count). The highest BCUT2D eigenvalue weighted by Gasteiger charge is 2.20. The Kier molecular flexibility index (Phi) is 5.41. The molecule has 0 spiro atoms. The summed E-state index contributed by atoms with van der Waals surface area (Å²) in [6.45, 7) is 0. The molecule has 0 N–H and O–H groups in total. The van der Waals surface area contributed by atoms with Crippen LogP contribution in [0.15, 0.2) is 30.3 Å². The Labute approximate surface area is 161 Å². The van der Waals surface area contributed by atoms with Crippen molar-refractivity contribution in [2.24, 2.45) is 0 Å². The molecular formula is C20H20O6S. The Hall–Kier alpha value is -2.93. The average Bonchev–Trinajstić information content (AvgIpc) is 3.13. The fourth-order valence-electron chi connectivity index (χ4n) is 2.83. The zero-order chi connectivity index (χ0) is 19.6. The van der Waals surface area contributed by atoms with E-state index < -0.39 is 0 Å². The van der Waals surface area contributed by atoms with E-state index in [-0.39, 0.29) is 5.78 Å². The van der Waals surface area contributed by atoms with Gasteiger partial charge in [0, 0.05) is 16.3 Å². The van der Waals surface area contributed by atoms with Crippen molar-refractivity contribution in [2.75, 3.05) is 35.5 Å². The van der Waals surface area contributed by atoms with Crippen molar-refractivity contribution in [3.05, 3.63) is 40.8 Å². The lowest BCUT2D eigenvalue weighted by Gasteiger charge is -2.13. The van der Waals surface area contributed by atoms with E-state index in [0.717, 1.165) is 10.1 Å². The van der Waals surface area contributed by atoms with Gasteiger partial charge in [0.05, 0.1) is 40.4 Å². The van der Waals surface area contributed by atoms with Gasteiger partial charge < -0.3 is 23.7 Å². The Bertz CT molecular complexity index is 926. The summed E-state index contributed by atoms with van der Waals surface area (Å²) in [4.78, 5) is 13.6. The molecule has 0 atom stereocenters. The maximum absolute atomic E-state index is 13.1. The fraction of sp³-hybridized carbons (Fsp3) is 0.250. The summed E-state index contributed by atoms with van der Waals surface area (Å²) in [5, 5.41) is 0.911. The number of ether oxygens (including phenoxy) is 5. The highest BCUT2D eigenvalue weighted by atomic mass is 32.1. The van der Waals surface area contributed by atoms with E-state index in [1.807, 2.05) is 18.2 Å². The molecule has 7 heteroatoms. The minimum Gasteiger partial charge on any atom is -0.493 e. The third-order valence-electron chi connectivity index (χ3n) is 4.17. The molecule has 0 saturated carbocycles. The van der Waals surface area contributed by atoms with Crippen LogP contribution in [-0.4, -0.2) is 41.3 Å². The lowest BCUT2D eigenvalue weighted by molar-refractivity contribution is 0.104. The van der Waals surface area contributed by atoms with Crippen LogP contribution in [0.5, 0.6) is 28.7 Å². The normalized spacial score (nSPS) is 10.6. The number of ketones is 1. The molecule has 0 saturated heterocycles. The summed E-state index contributed by atoms with van der Waals surface area (Å²) in [5.41, 5.74) is 0.454. The number of methoxy groups -OCH3 is 5. The summed E-state index contributed by atoms with van der Waals surface area (Å²) in [7, 11) is 7.72. The average molecular weight is 388 g/mol. The van der Waals surface area contributed by atoms with Gasteiger partial charge >= 0.3 is 0 Å². The molecule has 142 valence electrons. The van der Waals surface area contributed by atoms with E-state index in [9.17, 15) is 4.79 Å². The van der Waals surface area contributed by atoms with E-state index in [4.69, 9.17) is 23.7 Å². The van der Waals surface area contributed by atoms with E-state index in [2.05, 4.69) is 0 Å². The Morgan fingerprint density at radius 1 is 0.704 bits per heavy atom.